The molecule has 17 heavy (non-hydrogen) atoms. The maximum atomic E-state index is 4.47. The van der Waals surface area contributed by atoms with E-state index in [1.807, 2.05) is 6.20 Å². The van der Waals surface area contributed by atoms with Crippen molar-refractivity contribution in [3.63, 3.8) is 0 Å². The fourth-order valence-corrected chi connectivity index (χ4v) is 2.98. The lowest BCUT2D eigenvalue weighted by atomic mass is 9.85. The quantitative estimate of drug-likeness (QED) is 0.863. The molecule has 0 bridgehead atoms. The first-order valence-corrected chi connectivity index (χ1v) is 7.19. The van der Waals surface area contributed by atoms with E-state index in [4.69, 9.17) is 0 Å². The summed E-state index contributed by atoms with van der Waals surface area (Å²) in [6, 6.07) is 0.659. The van der Waals surface area contributed by atoms with Gasteiger partial charge in [-0.25, -0.2) is 4.98 Å². The normalized spacial score (nSPS) is 22.4. The van der Waals surface area contributed by atoms with Gasteiger partial charge in [0.25, 0.3) is 0 Å². The molecule has 3 heteroatoms. The van der Waals surface area contributed by atoms with Crippen LogP contribution < -0.4 is 5.32 Å². The number of rotatable bonds is 4. The lowest BCUT2D eigenvalue weighted by molar-refractivity contribution is 0.277. The topological polar surface area (TPSA) is 29.9 Å². The molecule has 1 aromatic rings. The molecule has 0 saturated heterocycles. The van der Waals surface area contributed by atoms with Gasteiger partial charge >= 0.3 is 0 Å². The molecular weight excluding hydrogens is 210 g/mol. The molecule has 2 aliphatic rings. The molecule has 0 radical (unpaired) electrons. The van der Waals surface area contributed by atoms with Gasteiger partial charge < -0.3 is 9.88 Å². The SMILES string of the molecule is c1cn(CC2CCC2)c(NC2CCCCC2)n1. The molecule has 2 fully saturated rings. The Morgan fingerprint density at radius 1 is 1.12 bits per heavy atom. The number of imidazole rings is 1. The van der Waals surface area contributed by atoms with Crippen molar-refractivity contribution in [2.75, 3.05) is 5.32 Å². The Hall–Kier alpha value is -0.990. The van der Waals surface area contributed by atoms with Crippen LogP contribution in [0.2, 0.25) is 0 Å². The highest BCUT2D eigenvalue weighted by atomic mass is 15.2. The molecule has 2 aliphatic carbocycles. The second-order valence-electron chi connectivity index (χ2n) is 5.68. The Morgan fingerprint density at radius 3 is 2.65 bits per heavy atom. The van der Waals surface area contributed by atoms with E-state index in [0.29, 0.717) is 6.04 Å². The van der Waals surface area contributed by atoms with Gasteiger partial charge in [0.2, 0.25) is 5.95 Å². The summed E-state index contributed by atoms with van der Waals surface area (Å²) in [5, 5.41) is 3.63. The van der Waals surface area contributed by atoms with Crippen molar-refractivity contribution >= 4 is 5.95 Å². The Morgan fingerprint density at radius 2 is 1.94 bits per heavy atom. The van der Waals surface area contributed by atoms with Crippen LogP contribution in [0, 0.1) is 5.92 Å². The van der Waals surface area contributed by atoms with Crippen LogP contribution in [0.4, 0.5) is 5.95 Å². The second kappa shape index (κ2) is 5.11. The Balaban J connectivity index is 1.59. The smallest absolute Gasteiger partial charge is 0.202 e. The summed E-state index contributed by atoms with van der Waals surface area (Å²) in [5.74, 6) is 2.00. The minimum Gasteiger partial charge on any atom is -0.353 e. The monoisotopic (exact) mass is 233 g/mol. The first-order valence-electron chi connectivity index (χ1n) is 7.19. The first kappa shape index (κ1) is 11.1. The molecule has 0 atom stereocenters. The molecule has 0 spiro atoms. The van der Waals surface area contributed by atoms with Gasteiger partial charge in [0, 0.05) is 25.0 Å². The van der Waals surface area contributed by atoms with E-state index in [0.717, 1.165) is 18.4 Å². The van der Waals surface area contributed by atoms with E-state index >= 15 is 0 Å². The minimum atomic E-state index is 0.659. The Kier molecular flexibility index (Phi) is 3.34. The van der Waals surface area contributed by atoms with Gasteiger partial charge in [0.1, 0.15) is 0 Å². The van der Waals surface area contributed by atoms with E-state index in [1.165, 1.54) is 51.4 Å². The van der Waals surface area contributed by atoms with Crippen molar-refractivity contribution in [3.05, 3.63) is 12.4 Å². The standard InChI is InChI=1S/C14H23N3/c1-2-7-13(8-3-1)16-14-15-9-10-17(14)11-12-5-4-6-12/h9-10,12-13H,1-8,11H2,(H,15,16). The van der Waals surface area contributed by atoms with Crippen LogP contribution in [0.3, 0.4) is 0 Å². The van der Waals surface area contributed by atoms with E-state index < -0.39 is 0 Å². The van der Waals surface area contributed by atoms with E-state index in [9.17, 15) is 0 Å². The van der Waals surface area contributed by atoms with Crippen LogP contribution in [0.25, 0.3) is 0 Å². The predicted octanol–water partition coefficient (Wildman–Crippen LogP) is 3.43. The van der Waals surface area contributed by atoms with Crippen molar-refractivity contribution in [1.29, 1.82) is 0 Å². The fourth-order valence-electron chi connectivity index (χ4n) is 2.98. The number of nitrogens with zero attached hydrogens (tertiary/aromatic N) is 2. The minimum absolute atomic E-state index is 0.659. The zero-order valence-electron chi connectivity index (χ0n) is 10.6. The zero-order valence-corrected chi connectivity index (χ0v) is 10.6. The summed E-state index contributed by atoms with van der Waals surface area (Å²) in [4.78, 5) is 4.47. The van der Waals surface area contributed by atoms with E-state index in [-0.39, 0.29) is 0 Å². The van der Waals surface area contributed by atoms with Crippen molar-refractivity contribution in [2.24, 2.45) is 5.92 Å². The molecule has 0 unspecified atom stereocenters. The van der Waals surface area contributed by atoms with Gasteiger partial charge in [-0.05, 0) is 31.6 Å². The highest BCUT2D eigenvalue weighted by Gasteiger charge is 2.20. The molecule has 94 valence electrons. The number of aromatic nitrogens is 2. The first-order chi connectivity index (χ1) is 8.42. The van der Waals surface area contributed by atoms with Crippen molar-refractivity contribution in [2.45, 2.75) is 64.0 Å². The van der Waals surface area contributed by atoms with Crippen LogP contribution in [0.1, 0.15) is 51.4 Å². The predicted molar refractivity (Wildman–Crippen MR) is 70.1 cm³/mol. The summed E-state index contributed by atoms with van der Waals surface area (Å²) in [6.07, 6.45) is 15.1. The molecule has 0 aliphatic heterocycles. The fraction of sp³-hybridized carbons (Fsp3) is 0.786. The summed E-state index contributed by atoms with van der Waals surface area (Å²) in [7, 11) is 0. The van der Waals surface area contributed by atoms with Crippen LogP contribution >= 0.6 is 0 Å². The van der Waals surface area contributed by atoms with Gasteiger partial charge in [-0.2, -0.15) is 0 Å². The molecule has 0 aromatic carbocycles. The maximum absolute atomic E-state index is 4.47. The second-order valence-corrected chi connectivity index (χ2v) is 5.68. The molecule has 2 saturated carbocycles. The van der Waals surface area contributed by atoms with Crippen molar-refractivity contribution < 1.29 is 0 Å². The summed E-state index contributed by atoms with van der Waals surface area (Å²) < 4.78 is 2.32. The number of nitrogens with one attached hydrogen (secondary N) is 1. The van der Waals surface area contributed by atoms with Crippen LogP contribution in [-0.2, 0) is 6.54 Å². The Bertz CT molecular complexity index is 348. The third kappa shape index (κ3) is 2.64. The molecule has 1 aromatic heterocycles. The number of hydrogen-bond acceptors (Lipinski definition) is 2. The van der Waals surface area contributed by atoms with Gasteiger partial charge in [0.15, 0.2) is 0 Å². The summed E-state index contributed by atoms with van der Waals surface area (Å²) in [5.41, 5.74) is 0. The average molecular weight is 233 g/mol. The van der Waals surface area contributed by atoms with Crippen LogP contribution in [0.15, 0.2) is 12.4 Å². The molecule has 3 nitrogen and oxygen atoms in total. The third-order valence-electron chi connectivity index (χ3n) is 4.33. The zero-order chi connectivity index (χ0) is 11.5. The third-order valence-corrected chi connectivity index (χ3v) is 4.33. The molecule has 1 heterocycles. The molecule has 0 amide bonds. The van der Waals surface area contributed by atoms with Crippen LogP contribution in [-0.4, -0.2) is 15.6 Å². The Labute approximate surface area is 104 Å². The van der Waals surface area contributed by atoms with Crippen molar-refractivity contribution in [3.8, 4) is 0 Å². The van der Waals surface area contributed by atoms with Gasteiger partial charge in [-0.1, -0.05) is 25.7 Å². The lowest BCUT2D eigenvalue weighted by Gasteiger charge is -2.28. The summed E-state index contributed by atoms with van der Waals surface area (Å²) in [6.45, 7) is 1.16. The maximum Gasteiger partial charge on any atom is 0.202 e. The average Bonchev–Trinajstić information content (AvgIpc) is 2.72. The van der Waals surface area contributed by atoms with Crippen molar-refractivity contribution in [1.82, 2.24) is 9.55 Å². The highest BCUT2D eigenvalue weighted by Crippen LogP contribution is 2.29. The molecular formula is C14H23N3. The number of hydrogen-bond donors (Lipinski definition) is 1. The van der Waals surface area contributed by atoms with Crippen LogP contribution in [0.5, 0.6) is 0 Å². The molecule has 3 rings (SSSR count). The number of anilines is 1. The van der Waals surface area contributed by atoms with Gasteiger partial charge in [-0.3, -0.25) is 0 Å². The van der Waals surface area contributed by atoms with Gasteiger partial charge in [-0.15, -0.1) is 0 Å². The highest BCUT2D eigenvalue weighted by molar-refractivity contribution is 5.27. The lowest BCUT2D eigenvalue weighted by Crippen LogP contribution is -2.25. The largest absolute Gasteiger partial charge is 0.353 e. The van der Waals surface area contributed by atoms with Gasteiger partial charge in [0.05, 0.1) is 0 Å². The summed E-state index contributed by atoms with van der Waals surface area (Å²) >= 11 is 0. The molecule has 1 N–H and O–H groups in total. The van der Waals surface area contributed by atoms with E-state index in [2.05, 4.69) is 21.1 Å². The van der Waals surface area contributed by atoms with E-state index in [1.54, 1.807) is 0 Å².